The van der Waals surface area contributed by atoms with Crippen LogP contribution in [0.15, 0.2) is 60.7 Å². The van der Waals surface area contributed by atoms with E-state index in [9.17, 15) is 14.7 Å². The van der Waals surface area contributed by atoms with Crippen LogP contribution in [0, 0.1) is 5.92 Å². The van der Waals surface area contributed by atoms with Gasteiger partial charge in [-0.1, -0.05) is 55.5 Å². The Kier molecular flexibility index (Phi) is 7.77. The molecule has 1 atom stereocenters. The van der Waals surface area contributed by atoms with Gasteiger partial charge in [0.1, 0.15) is 0 Å². The highest BCUT2D eigenvalue weighted by atomic mass is 16.3. The molecule has 1 amide bonds. The molecule has 0 saturated carbocycles. The highest BCUT2D eigenvalue weighted by molar-refractivity contribution is 5.96. The minimum atomic E-state index is -0.982. The first kappa shape index (κ1) is 22.2. The van der Waals surface area contributed by atoms with Crippen LogP contribution in [-0.4, -0.2) is 46.9 Å². The molecular weight excluding hydrogens is 376 g/mol. The van der Waals surface area contributed by atoms with Gasteiger partial charge in [-0.2, -0.15) is 0 Å². The number of Topliss-reactive ketones (excluding diaryl/α,β-unsaturated/α-hetero) is 1. The van der Waals surface area contributed by atoms with Gasteiger partial charge in [0.15, 0.2) is 5.78 Å². The number of anilines is 1. The van der Waals surface area contributed by atoms with Crippen molar-refractivity contribution in [3.63, 3.8) is 0 Å². The first-order valence-electron chi connectivity index (χ1n) is 10.9. The van der Waals surface area contributed by atoms with E-state index in [1.807, 2.05) is 67.6 Å². The number of amides is 1. The number of benzene rings is 2. The third-order valence-electron chi connectivity index (χ3n) is 6.11. The molecule has 30 heavy (non-hydrogen) atoms. The van der Waals surface area contributed by atoms with Crippen molar-refractivity contribution in [2.24, 2.45) is 5.92 Å². The number of piperidine rings is 1. The van der Waals surface area contributed by atoms with E-state index in [1.54, 1.807) is 0 Å². The number of carbonyl (C=O) groups is 2. The Morgan fingerprint density at radius 1 is 1.03 bits per heavy atom. The van der Waals surface area contributed by atoms with Gasteiger partial charge in [-0.25, -0.2) is 0 Å². The molecule has 1 saturated heterocycles. The molecule has 1 fully saturated rings. The zero-order valence-corrected chi connectivity index (χ0v) is 17.7. The number of hydrogen-bond acceptors (Lipinski definition) is 4. The molecule has 1 aliphatic rings. The SMILES string of the molecule is CCC(C(=O)Nc1ccccc1)C1(O)CCN(CCCC(=O)c2ccccc2)CC1. The van der Waals surface area contributed by atoms with E-state index in [1.165, 1.54) is 0 Å². The van der Waals surface area contributed by atoms with Gasteiger partial charge in [0.25, 0.3) is 0 Å². The number of likely N-dealkylation sites (tertiary alicyclic amines) is 1. The molecule has 3 rings (SSSR count). The molecule has 0 aromatic heterocycles. The molecule has 0 radical (unpaired) electrons. The Hall–Kier alpha value is -2.50. The molecule has 160 valence electrons. The van der Waals surface area contributed by atoms with Crippen LogP contribution in [0.2, 0.25) is 0 Å². The minimum Gasteiger partial charge on any atom is -0.389 e. The molecule has 5 heteroatoms. The number of hydrogen-bond donors (Lipinski definition) is 2. The van der Waals surface area contributed by atoms with Gasteiger partial charge in [0.05, 0.1) is 11.5 Å². The van der Waals surface area contributed by atoms with E-state index in [4.69, 9.17) is 0 Å². The lowest BCUT2D eigenvalue weighted by atomic mass is 9.77. The Labute approximate surface area is 179 Å². The summed E-state index contributed by atoms with van der Waals surface area (Å²) in [5, 5.41) is 14.2. The Morgan fingerprint density at radius 2 is 1.63 bits per heavy atom. The summed E-state index contributed by atoms with van der Waals surface area (Å²) < 4.78 is 0. The number of para-hydroxylation sites is 1. The molecule has 2 aromatic rings. The summed E-state index contributed by atoms with van der Waals surface area (Å²) in [6.45, 7) is 4.27. The molecule has 1 unspecified atom stereocenters. The lowest BCUT2D eigenvalue weighted by Gasteiger charge is -2.42. The highest BCUT2D eigenvalue weighted by Crippen LogP contribution is 2.33. The monoisotopic (exact) mass is 408 g/mol. The summed E-state index contributed by atoms with van der Waals surface area (Å²) in [5.74, 6) is -0.375. The summed E-state index contributed by atoms with van der Waals surface area (Å²) in [6, 6.07) is 18.8. The summed E-state index contributed by atoms with van der Waals surface area (Å²) in [7, 11) is 0. The third kappa shape index (κ3) is 5.77. The van der Waals surface area contributed by atoms with Crippen molar-refractivity contribution in [3.8, 4) is 0 Å². The number of aliphatic hydroxyl groups is 1. The minimum absolute atomic E-state index is 0.117. The van der Waals surface area contributed by atoms with Crippen molar-refractivity contribution in [1.82, 2.24) is 4.90 Å². The van der Waals surface area contributed by atoms with Crippen LogP contribution >= 0.6 is 0 Å². The van der Waals surface area contributed by atoms with Crippen molar-refractivity contribution in [2.45, 2.75) is 44.6 Å². The van der Waals surface area contributed by atoms with Crippen molar-refractivity contribution in [3.05, 3.63) is 66.2 Å². The maximum atomic E-state index is 12.8. The van der Waals surface area contributed by atoms with E-state index < -0.39 is 11.5 Å². The lowest BCUT2D eigenvalue weighted by Crippen LogP contribution is -2.52. The topological polar surface area (TPSA) is 69.6 Å². The Bertz CT molecular complexity index is 815. The van der Waals surface area contributed by atoms with Crippen LogP contribution in [0.4, 0.5) is 5.69 Å². The molecule has 1 aliphatic heterocycles. The van der Waals surface area contributed by atoms with Crippen molar-refractivity contribution >= 4 is 17.4 Å². The summed E-state index contributed by atoms with van der Waals surface area (Å²) in [4.78, 5) is 27.3. The first-order chi connectivity index (χ1) is 14.5. The maximum Gasteiger partial charge on any atom is 0.230 e. The average molecular weight is 409 g/mol. The maximum absolute atomic E-state index is 12.8. The summed E-state index contributed by atoms with van der Waals surface area (Å²) in [5.41, 5.74) is 0.537. The molecule has 1 heterocycles. The fourth-order valence-electron chi connectivity index (χ4n) is 4.30. The normalized spacial score (nSPS) is 17.3. The van der Waals surface area contributed by atoms with Gasteiger partial charge in [-0.15, -0.1) is 0 Å². The predicted molar refractivity (Wildman–Crippen MR) is 119 cm³/mol. The fraction of sp³-hybridized carbons (Fsp3) is 0.440. The molecule has 2 N–H and O–H groups in total. The lowest BCUT2D eigenvalue weighted by molar-refractivity contribution is -0.134. The second-order valence-electron chi connectivity index (χ2n) is 8.15. The largest absolute Gasteiger partial charge is 0.389 e. The molecule has 0 spiro atoms. The summed E-state index contributed by atoms with van der Waals surface area (Å²) in [6.07, 6.45) is 3.07. The van der Waals surface area contributed by atoms with Crippen LogP contribution in [-0.2, 0) is 4.79 Å². The Balaban J connectivity index is 1.46. The average Bonchev–Trinajstić information content (AvgIpc) is 2.77. The van der Waals surface area contributed by atoms with Gasteiger partial charge in [0.2, 0.25) is 5.91 Å². The molecule has 0 aliphatic carbocycles. The number of nitrogens with one attached hydrogen (secondary N) is 1. The quantitative estimate of drug-likeness (QED) is 0.612. The van der Waals surface area contributed by atoms with Crippen LogP contribution in [0.3, 0.4) is 0 Å². The van der Waals surface area contributed by atoms with E-state index in [-0.39, 0.29) is 11.7 Å². The summed E-state index contributed by atoms with van der Waals surface area (Å²) >= 11 is 0. The van der Waals surface area contributed by atoms with E-state index in [0.717, 1.165) is 37.3 Å². The molecule has 0 bridgehead atoms. The number of carbonyl (C=O) groups excluding carboxylic acids is 2. The first-order valence-corrected chi connectivity index (χ1v) is 10.9. The van der Waals surface area contributed by atoms with Crippen molar-refractivity contribution < 1.29 is 14.7 Å². The molecule has 2 aromatic carbocycles. The van der Waals surface area contributed by atoms with Gasteiger partial charge < -0.3 is 15.3 Å². The van der Waals surface area contributed by atoms with Gasteiger partial charge in [0, 0.05) is 30.8 Å². The third-order valence-corrected chi connectivity index (χ3v) is 6.11. The standard InChI is InChI=1S/C25H32N2O3/c1-2-22(24(29)26-21-12-7-4-8-13-21)25(30)15-18-27(19-16-25)17-9-14-23(28)20-10-5-3-6-11-20/h3-8,10-13,22,30H,2,9,14-19H2,1H3,(H,26,29). The van der Waals surface area contributed by atoms with Crippen molar-refractivity contribution in [2.75, 3.05) is 25.0 Å². The molecule has 5 nitrogen and oxygen atoms in total. The number of nitrogens with zero attached hydrogens (tertiary/aromatic N) is 1. The van der Waals surface area contributed by atoms with Gasteiger partial charge in [-0.05, 0) is 44.4 Å². The van der Waals surface area contributed by atoms with Crippen LogP contribution in [0.25, 0.3) is 0 Å². The Morgan fingerprint density at radius 3 is 2.23 bits per heavy atom. The van der Waals surface area contributed by atoms with Crippen LogP contribution in [0.1, 0.15) is 49.4 Å². The second kappa shape index (κ2) is 10.5. The van der Waals surface area contributed by atoms with Gasteiger partial charge in [-0.3, -0.25) is 9.59 Å². The van der Waals surface area contributed by atoms with Gasteiger partial charge >= 0.3 is 0 Å². The van der Waals surface area contributed by atoms with E-state index in [2.05, 4.69) is 10.2 Å². The second-order valence-corrected chi connectivity index (χ2v) is 8.15. The fourth-order valence-corrected chi connectivity index (χ4v) is 4.30. The molecular formula is C25H32N2O3. The van der Waals surface area contributed by atoms with E-state index in [0.29, 0.717) is 25.7 Å². The zero-order valence-electron chi connectivity index (χ0n) is 17.7. The van der Waals surface area contributed by atoms with Crippen molar-refractivity contribution in [1.29, 1.82) is 0 Å². The smallest absolute Gasteiger partial charge is 0.230 e. The number of ketones is 1. The van der Waals surface area contributed by atoms with Crippen LogP contribution < -0.4 is 5.32 Å². The number of rotatable bonds is 9. The predicted octanol–water partition coefficient (Wildman–Crippen LogP) is 4.14. The van der Waals surface area contributed by atoms with E-state index >= 15 is 0 Å². The highest BCUT2D eigenvalue weighted by Gasteiger charge is 2.42. The van der Waals surface area contributed by atoms with Crippen LogP contribution in [0.5, 0.6) is 0 Å². The zero-order chi connectivity index (χ0) is 21.4.